The molecule has 1 aromatic rings. The second-order valence-corrected chi connectivity index (χ2v) is 4.97. The van der Waals surface area contributed by atoms with Crippen LogP contribution in [-0.2, 0) is 11.2 Å². The quantitative estimate of drug-likeness (QED) is 0.899. The summed E-state index contributed by atoms with van der Waals surface area (Å²) in [5.41, 5.74) is 1.18. The largest absolute Gasteiger partial charge is 0.480 e. The fourth-order valence-electron chi connectivity index (χ4n) is 2.21. The van der Waals surface area contributed by atoms with Gasteiger partial charge in [-0.25, -0.2) is 0 Å². The molecule has 94 valence electrons. The molecular formula is C12H15BrClNO2. The smallest absolute Gasteiger partial charge is 0.320 e. The number of aliphatic carboxylic acids is 1. The third-order valence-electron chi connectivity index (χ3n) is 3.06. The molecule has 2 atom stereocenters. The molecule has 0 spiro atoms. The number of halogens is 2. The van der Waals surface area contributed by atoms with Crippen LogP contribution in [0.1, 0.15) is 12.0 Å². The Morgan fingerprint density at radius 2 is 2.18 bits per heavy atom. The molecule has 5 heteroatoms. The lowest BCUT2D eigenvalue weighted by atomic mass is 9.93. The van der Waals surface area contributed by atoms with E-state index in [-0.39, 0.29) is 18.3 Å². The summed E-state index contributed by atoms with van der Waals surface area (Å²) in [7, 11) is 0. The third kappa shape index (κ3) is 3.44. The molecule has 0 saturated carbocycles. The van der Waals surface area contributed by atoms with Gasteiger partial charge in [0.05, 0.1) is 0 Å². The predicted octanol–water partition coefficient (Wildman–Crippen LogP) is 2.48. The third-order valence-corrected chi connectivity index (χ3v) is 3.83. The Labute approximate surface area is 115 Å². The fraction of sp³-hybridized carbons (Fsp3) is 0.417. The van der Waals surface area contributed by atoms with Gasteiger partial charge in [0.1, 0.15) is 6.04 Å². The first-order valence-electron chi connectivity index (χ1n) is 5.38. The zero-order chi connectivity index (χ0) is 11.5. The second-order valence-electron chi connectivity index (χ2n) is 4.11. The number of rotatable bonds is 3. The Balaban J connectivity index is 0.00000144. The standard InChI is InChI=1S/C12H14BrNO2.ClH/c13-10-4-2-1-3-8(10)7-9-5-6-14-11(9)12(15)16;/h1-4,9,11,14H,5-7H2,(H,15,16);1H/t9?,11-;/m0./s1. The van der Waals surface area contributed by atoms with E-state index >= 15 is 0 Å². The zero-order valence-electron chi connectivity index (χ0n) is 9.23. The number of nitrogens with one attached hydrogen (secondary N) is 1. The van der Waals surface area contributed by atoms with Crippen LogP contribution in [0.25, 0.3) is 0 Å². The summed E-state index contributed by atoms with van der Waals surface area (Å²) in [6.07, 6.45) is 1.74. The van der Waals surface area contributed by atoms with Crippen molar-refractivity contribution in [2.75, 3.05) is 6.54 Å². The molecule has 1 aromatic carbocycles. The van der Waals surface area contributed by atoms with Crippen LogP contribution >= 0.6 is 28.3 Å². The van der Waals surface area contributed by atoms with Crippen LogP contribution in [0.5, 0.6) is 0 Å². The molecule has 0 aromatic heterocycles. The summed E-state index contributed by atoms with van der Waals surface area (Å²) in [5, 5.41) is 12.1. The number of carbonyl (C=O) groups is 1. The SMILES string of the molecule is Cl.O=C(O)[C@H]1NCCC1Cc1ccccc1Br. The number of hydrogen-bond donors (Lipinski definition) is 2. The molecule has 1 aliphatic rings. The van der Waals surface area contributed by atoms with Gasteiger partial charge in [-0.1, -0.05) is 34.1 Å². The maximum Gasteiger partial charge on any atom is 0.320 e. The Kier molecular flexibility index (Phi) is 5.43. The summed E-state index contributed by atoms with van der Waals surface area (Å²) in [6, 6.07) is 7.59. The van der Waals surface area contributed by atoms with Gasteiger partial charge in [0.2, 0.25) is 0 Å². The molecular weight excluding hydrogens is 305 g/mol. The van der Waals surface area contributed by atoms with Crippen LogP contribution in [0.3, 0.4) is 0 Å². The van der Waals surface area contributed by atoms with Crippen molar-refractivity contribution in [2.24, 2.45) is 5.92 Å². The van der Waals surface area contributed by atoms with E-state index in [1.54, 1.807) is 0 Å². The van der Waals surface area contributed by atoms with Crippen molar-refractivity contribution in [1.82, 2.24) is 5.32 Å². The lowest BCUT2D eigenvalue weighted by molar-refractivity contribution is -0.140. The van der Waals surface area contributed by atoms with Crippen LogP contribution in [0.4, 0.5) is 0 Å². The average Bonchev–Trinajstić information content (AvgIpc) is 2.69. The van der Waals surface area contributed by atoms with Crippen molar-refractivity contribution in [1.29, 1.82) is 0 Å². The highest BCUT2D eigenvalue weighted by Gasteiger charge is 2.32. The Morgan fingerprint density at radius 3 is 2.82 bits per heavy atom. The molecule has 1 aliphatic heterocycles. The van der Waals surface area contributed by atoms with Crippen LogP contribution in [0.15, 0.2) is 28.7 Å². The van der Waals surface area contributed by atoms with Gasteiger partial charge in [-0.15, -0.1) is 12.4 Å². The van der Waals surface area contributed by atoms with E-state index in [0.29, 0.717) is 0 Å². The lowest BCUT2D eigenvalue weighted by Crippen LogP contribution is -2.36. The minimum atomic E-state index is -0.741. The Bertz CT molecular complexity index is 400. The maximum atomic E-state index is 11.0. The van der Waals surface area contributed by atoms with E-state index in [1.165, 1.54) is 5.56 Å². The normalized spacial score (nSPS) is 23.1. The van der Waals surface area contributed by atoms with Crippen molar-refractivity contribution < 1.29 is 9.90 Å². The molecule has 0 amide bonds. The van der Waals surface area contributed by atoms with Crippen molar-refractivity contribution in [3.63, 3.8) is 0 Å². The van der Waals surface area contributed by atoms with Gasteiger partial charge in [0.15, 0.2) is 0 Å². The van der Waals surface area contributed by atoms with Gasteiger partial charge in [0.25, 0.3) is 0 Å². The summed E-state index contributed by atoms with van der Waals surface area (Å²) in [6.45, 7) is 0.798. The number of carboxylic acids is 1. The highest BCUT2D eigenvalue weighted by atomic mass is 79.9. The topological polar surface area (TPSA) is 49.3 Å². The minimum absolute atomic E-state index is 0. The molecule has 0 radical (unpaired) electrons. The van der Waals surface area contributed by atoms with Crippen LogP contribution in [0, 0.1) is 5.92 Å². The molecule has 0 aliphatic carbocycles. The molecule has 0 bridgehead atoms. The Morgan fingerprint density at radius 1 is 1.47 bits per heavy atom. The average molecular weight is 321 g/mol. The molecule has 3 nitrogen and oxygen atoms in total. The molecule has 1 heterocycles. The van der Waals surface area contributed by atoms with E-state index < -0.39 is 12.0 Å². The van der Waals surface area contributed by atoms with Gasteiger partial charge < -0.3 is 10.4 Å². The summed E-state index contributed by atoms with van der Waals surface area (Å²) < 4.78 is 1.06. The van der Waals surface area contributed by atoms with E-state index in [2.05, 4.69) is 21.2 Å². The first-order valence-corrected chi connectivity index (χ1v) is 6.17. The summed E-state index contributed by atoms with van der Waals surface area (Å²) in [4.78, 5) is 11.0. The zero-order valence-corrected chi connectivity index (χ0v) is 11.6. The number of benzene rings is 1. The number of hydrogen-bond acceptors (Lipinski definition) is 2. The summed E-state index contributed by atoms with van der Waals surface area (Å²) >= 11 is 3.49. The monoisotopic (exact) mass is 319 g/mol. The highest BCUT2D eigenvalue weighted by molar-refractivity contribution is 9.10. The molecule has 1 fully saturated rings. The molecule has 2 rings (SSSR count). The predicted molar refractivity (Wildman–Crippen MR) is 72.6 cm³/mol. The lowest BCUT2D eigenvalue weighted by Gasteiger charge is -2.16. The second kappa shape index (κ2) is 6.38. The first kappa shape index (κ1) is 14.5. The van der Waals surface area contributed by atoms with Gasteiger partial charge in [-0.05, 0) is 36.9 Å². The van der Waals surface area contributed by atoms with E-state index in [1.807, 2.05) is 24.3 Å². The van der Waals surface area contributed by atoms with E-state index in [9.17, 15) is 4.79 Å². The van der Waals surface area contributed by atoms with E-state index in [4.69, 9.17) is 5.11 Å². The van der Waals surface area contributed by atoms with Crippen molar-refractivity contribution in [2.45, 2.75) is 18.9 Å². The van der Waals surface area contributed by atoms with Gasteiger partial charge in [-0.2, -0.15) is 0 Å². The molecule has 1 saturated heterocycles. The minimum Gasteiger partial charge on any atom is -0.480 e. The Hall–Kier alpha value is -0.580. The molecule has 1 unspecified atom stereocenters. The van der Waals surface area contributed by atoms with Crippen molar-refractivity contribution in [3.05, 3.63) is 34.3 Å². The van der Waals surface area contributed by atoms with Gasteiger partial charge in [-0.3, -0.25) is 4.79 Å². The highest BCUT2D eigenvalue weighted by Crippen LogP contribution is 2.25. The van der Waals surface area contributed by atoms with Crippen molar-refractivity contribution >= 4 is 34.3 Å². The molecule has 2 N–H and O–H groups in total. The summed E-state index contributed by atoms with van der Waals surface area (Å²) in [5.74, 6) is -0.550. The first-order chi connectivity index (χ1) is 7.68. The van der Waals surface area contributed by atoms with Gasteiger partial charge in [0, 0.05) is 4.47 Å². The fourth-order valence-corrected chi connectivity index (χ4v) is 2.66. The van der Waals surface area contributed by atoms with Crippen LogP contribution in [-0.4, -0.2) is 23.7 Å². The number of carboxylic acid groups (broad SMARTS) is 1. The van der Waals surface area contributed by atoms with Gasteiger partial charge >= 0.3 is 5.97 Å². The van der Waals surface area contributed by atoms with Crippen LogP contribution < -0.4 is 5.32 Å². The molecule has 17 heavy (non-hydrogen) atoms. The van der Waals surface area contributed by atoms with Crippen molar-refractivity contribution in [3.8, 4) is 0 Å². The maximum absolute atomic E-state index is 11.0. The van der Waals surface area contributed by atoms with Crippen LogP contribution in [0.2, 0.25) is 0 Å². The van der Waals surface area contributed by atoms with E-state index in [0.717, 1.165) is 23.9 Å².